The monoisotopic (exact) mass is 346 g/mol. The van der Waals surface area contributed by atoms with Gasteiger partial charge in [0, 0.05) is 24.0 Å². The first-order valence-electron chi connectivity index (χ1n) is 8.39. The van der Waals surface area contributed by atoms with Gasteiger partial charge in [0.2, 0.25) is 5.56 Å². The molecule has 0 aliphatic carbocycles. The van der Waals surface area contributed by atoms with Crippen molar-refractivity contribution in [2.24, 2.45) is 7.05 Å². The summed E-state index contributed by atoms with van der Waals surface area (Å²) in [6, 6.07) is 16.1. The molecule has 0 fully saturated rings. The zero-order valence-electron chi connectivity index (χ0n) is 14.5. The van der Waals surface area contributed by atoms with Crippen LogP contribution in [0.15, 0.2) is 59.4 Å². The van der Waals surface area contributed by atoms with Gasteiger partial charge < -0.3 is 14.9 Å². The Bertz CT molecular complexity index is 1190. The first-order valence-corrected chi connectivity index (χ1v) is 8.39. The molecule has 0 radical (unpaired) electrons. The molecule has 2 heterocycles. The molecule has 2 aromatic heterocycles. The van der Waals surface area contributed by atoms with Crippen LogP contribution < -0.4 is 10.9 Å². The van der Waals surface area contributed by atoms with E-state index in [1.807, 2.05) is 61.0 Å². The van der Waals surface area contributed by atoms with E-state index in [1.54, 1.807) is 6.07 Å². The van der Waals surface area contributed by atoms with Crippen molar-refractivity contribution in [3.8, 4) is 0 Å². The minimum absolute atomic E-state index is 0.299. The summed E-state index contributed by atoms with van der Waals surface area (Å²) in [4.78, 5) is 32.1. The molecule has 0 aliphatic heterocycles. The van der Waals surface area contributed by atoms with E-state index >= 15 is 0 Å². The summed E-state index contributed by atoms with van der Waals surface area (Å²) in [5.41, 5.74) is 2.58. The SMILES string of the molecule is CC(NC(=O)c1cc(=O)[nH]c2ccccc12)c1nc2ccccc2n1C. The van der Waals surface area contributed by atoms with Crippen LogP contribution in [0, 0.1) is 0 Å². The molecule has 1 amide bonds. The predicted molar refractivity (Wildman–Crippen MR) is 101 cm³/mol. The van der Waals surface area contributed by atoms with Crippen molar-refractivity contribution in [2.45, 2.75) is 13.0 Å². The molecule has 2 N–H and O–H groups in total. The maximum absolute atomic E-state index is 12.8. The molecule has 26 heavy (non-hydrogen) atoms. The number of carbonyl (C=O) groups is 1. The molecule has 0 spiro atoms. The van der Waals surface area contributed by atoms with E-state index in [4.69, 9.17) is 0 Å². The average molecular weight is 346 g/mol. The lowest BCUT2D eigenvalue weighted by atomic mass is 10.1. The Hall–Kier alpha value is -3.41. The molecule has 0 saturated carbocycles. The summed E-state index contributed by atoms with van der Waals surface area (Å²) in [5, 5.41) is 3.67. The van der Waals surface area contributed by atoms with Gasteiger partial charge in [0.1, 0.15) is 5.82 Å². The van der Waals surface area contributed by atoms with Crippen LogP contribution in [0.4, 0.5) is 0 Å². The highest BCUT2D eigenvalue weighted by Gasteiger charge is 2.19. The third-order valence-electron chi connectivity index (χ3n) is 4.55. The van der Waals surface area contributed by atoms with Gasteiger partial charge in [-0.05, 0) is 25.1 Å². The molecule has 0 bridgehead atoms. The van der Waals surface area contributed by atoms with Crippen molar-refractivity contribution < 1.29 is 4.79 Å². The first kappa shape index (κ1) is 16.1. The number of rotatable bonds is 3. The summed E-state index contributed by atoms with van der Waals surface area (Å²) in [7, 11) is 1.93. The van der Waals surface area contributed by atoms with Gasteiger partial charge in [-0.3, -0.25) is 9.59 Å². The molecule has 1 unspecified atom stereocenters. The van der Waals surface area contributed by atoms with Gasteiger partial charge in [0.25, 0.3) is 5.91 Å². The maximum Gasteiger partial charge on any atom is 0.252 e. The number of carbonyl (C=O) groups excluding carboxylic acids is 1. The molecule has 0 aliphatic rings. The number of H-pyrrole nitrogens is 1. The lowest BCUT2D eigenvalue weighted by Gasteiger charge is -2.15. The van der Waals surface area contributed by atoms with Crippen molar-refractivity contribution in [3.05, 3.63) is 76.3 Å². The average Bonchev–Trinajstić information content (AvgIpc) is 2.98. The smallest absolute Gasteiger partial charge is 0.252 e. The highest BCUT2D eigenvalue weighted by molar-refractivity contribution is 6.06. The number of hydrogen-bond donors (Lipinski definition) is 2. The molecule has 6 nitrogen and oxygen atoms in total. The largest absolute Gasteiger partial charge is 0.342 e. The number of aromatic amines is 1. The van der Waals surface area contributed by atoms with E-state index < -0.39 is 0 Å². The molecule has 4 rings (SSSR count). The number of amides is 1. The predicted octanol–water partition coefficient (Wildman–Crippen LogP) is 2.91. The quantitative estimate of drug-likeness (QED) is 0.598. The lowest BCUT2D eigenvalue weighted by Crippen LogP contribution is -2.29. The molecular weight excluding hydrogens is 328 g/mol. The Morgan fingerprint density at radius 2 is 1.88 bits per heavy atom. The van der Waals surface area contributed by atoms with Gasteiger partial charge in [-0.25, -0.2) is 4.98 Å². The number of hydrogen-bond acceptors (Lipinski definition) is 3. The van der Waals surface area contributed by atoms with Gasteiger partial charge in [0.05, 0.1) is 22.6 Å². The second-order valence-corrected chi connectivity index (χ2v) is 6.31. The van der Waals surface area contributed by atoms with Gasteiger partial charge in [-0.15, -0.1) is 0 Å². The van der Waals surface area contributed by atoms with E-state index in [-0.39, 0.29) is 17.5 Å². The van der Waals surface area contributed by atoms with Crippen LogP contribution >= 0.6 is 0 Å². The van der Waals surface area contributed by atoms with E-state index in [2.05, 4.69) is 15.3 Å². The summed E-state index contributed by atoms with van der Waals surface area (Å²) < 4.78 is 1.97. The number of aromatic nitrogens is 3. The molecule has 2 aromatic carbocycles. The second kappa shape index (κ2) is 6.15. The minimum Gasteiger partial charge on any atom is -0.342 e. The zero-order chi connectivity index (χ0) is 18.3. The summed E-state index contributed by atoms with van der Waals surface area (Å²) in [6.45, 7) is 1.88. The van der Waals surface area contributed by atoms with Crippen LogP contribution in [0.1, 0.15) is 29.1 Å². The topological polar surface area (TPSA) is 79.8 Å². The van der Waals surface area contributed by atoms with Crippen molar-refractivity contribution in [1.29, 1.82) is 0 Å². The van der Waals surface area contributed by atoms with Crippen molar-refractivity contribution >= 4 is 27.8 Å². The summed E-state index contributed by atoms with van der Waals surface area (Å²) >= 11 is 0. The van der Waals surface area contributed by atoms with Gasteiger partial charge in [-0.2, -0.15) is 0 Å². The van der Waals surface area contributed by atoms with Gasteiger partial charge in [-0.1, -0.05) is 30.3 Å². The van der Waals surface area contributed by atoms with Crippen LogP contribution in [0.5, 0.6) is 0 Å². The Kier molecular flexibility index (Phi) is 3.80. The van der Waals surface area contributed by atoms with Crippen LogP contribution in [-0.4, -0.2) is 20.4 Å². The van der Waals surface area contributed by atoms with Crippen LogP contribution in [-0.2, 0) is 7.05 Å². The highest BCUT2D eigenvalue weighted by atomic mass is 16.2. The van der Waals surface area contributed by atoms with Crippen LogP contribution in [0.3, 0.4) is 0 Å². The number of nitrogens with one attached hydrogen (secondary N) is 2. The molecule has 4 aromatic rings. The Labute approximate surface area is 149 Å². The van der Waals surface area contributed by atoms with E-state index in [1.165, 1.54) is 6.07 Å². The maximum atomic E-state index is 12.8. The van der Waals surface area contributed by atoms with Crippen molar-refractivity contribution in [2.75, 3.05) is 0 Å². The fourth-order valence-corrected chi connectivity index (χ4v) is 3.28. The summed E-state index contributed by atoms with van der Waals surface area (Å²) in [5.74, 6) is 0.459. The number of para-hydroxylation sites is 3. The number of nitrogens with zero attached hydrogens (tertiary/aromatic N) is 2. The first-order chi connectivity index (χ1) is 12.5. The van der Waals surface area contributed by atoms with E-state index in [0.29, 0.717) is 16.5 Å². The second-order valence-electron chi connectivity index (χ2n) is 6.31. The van der Waals surface area contributed by atoms with Crippen molar-refractivity contribution in [1.82, 2.24) is 19.9 Å². The number of pyridine rings is 1. The molecule has 6 heteroatoms. The lowest BCUT2D eigenvalue weighted by molar-refractivity contribution is 0.0939. The highest BCUT2D eigenvalue weighted by Crippen LogP contribution is 2.20. The van der Waals surface area contributed by atoms with Crippen LogP contribution in [0.2, 0.25) is 0 Å². The standard InChI is InChI=1S/C20H18N4O2/c1-12(19-23-16-9-5-6-10-17(16)24(19)2)21-20(26)14-11-18(25)22-15-8-4-3-7-13(14)15/h3-12H,1-2H3,(H,21,26)(H,22,25). The zero-order valence-corrected chi connectivity index (χ0v) is 14.5. The Balaban J connectivity index is 1.70. The number of aryl methyl sites for hydroxylation is 1. The number of imidazole rings is 1. The fourth-order valence-electron chi connectivity index (χ4n) is 3.28. The third kappa shape index (κ3) is 2.65. The van der Waals surface area contributed by atoms with Crippen molar-refractivity contribution in [3.63, 3.8) is 0 Å². The number of fused-ring (bicyclic) bond motifs is 2. The molecular formula is C20H18N4O2. The third-order valence-corrected chi connectivity index (χ3v) is 4.55. The summed E-state index contributed by atoms with van der Waals surface area (Å²) in [6.07, 6.45) is 0. The minimum atomic E-state index is -0.307. The Morgan fingerprint density at radius 3 is 2.69 bits per heavy atom. The van der Waals surface area contributed by atoms with Gasteiger partial charge in [0.15, 0.2) is 0 Å². The number of benzene rings is 2. The van der Waals surface area contributed by atoms with Crippen LogP contribution in [0.25, 0.3) is 21.9 Å². The normalized spacial score (nSPS) is 12.4. The van der Waals surface area contributed by atoms with E-state index in [0.717, 1.165) is 16.9 Å². The molecule has 1 atom stereocenters. The van der Waals surface area contributed by atoms with Gasteiger partial charge >= 0.3 is 0 Å². The fraction of sp³-hybridized carbons (Fsp3) is 0.150. The molecule has 0 saturated heterocycles. The molecule has 130 valence electrons. The Morgan fingerprint density at radius 1 is 1.15 bits per heavy atom. The van der Waals surface area contributed by atoms with E-state index in [9.17, 15) is 9.59 Å².